The Morgan fingerprint density at radius 2 is 0.625 bits per heavy atom. The Kier molecular flexibility index (Phi) is 14.6. The average molecular weight is 791 g/mol. The molecule has 0 spiro atoms. The van der Waals surface area contributed by atoms with E-state index in [4.69, 9.17) is 27.1 Å². The Hall–Kier alpha value is -5.10. The van der Waals surface area contributed by atoms with Crippen molar-refractivity contribution in [2.45, 2.75) is 51.4 Å². The second-order valence-corrected chi connectivity index (χ2v) is 16.4. The summed E-state index contributed by atoms with van der Waals surface area (Å²) in [5.41, 5.74) is 4.61. The van der Waals surface area contributed by atoms with Crippen molar-refractivity contribution in [3.8, 4) is 23.0 Å². The molecule has 8 nitrogen and oxygen atoms in total. The SMILES string of the molecule is CC(c1ccccc1)c1ccc(OP(=O)(OCCCCCCOP(=O)(Oc2ccccc2)Oc2ccc(C(C)c3ccccc3)cc2)Oc2ccccc2)cc1. The first-order chi connectivity index (χ1) is 27.3. The monoisotopic (exact) mass is 790 g/mol. The minimum atomic E-state index is -4.03. The predicted molar refractivity (Wildman–Crippen MR) is 222 cm³/mol. The van der Waals surface area contributed by atoms with Gasteiger partial charge >= 0.3 is 15.6 Å². The van der Waals surface area contributed by atoms with Gasteiger partial charge in [-0.3, -0.25) is 9.05 Å². The molecule has 290 valence electrons. The molecule has 6 aromatic carbocycles. The summed E-state index contributed by atoms with van der Waals surface area (Å²) in [6, 6.07) is 53.1. The summed E-state index contributed by atoms with van der Waals surface area (Å²) in [6.45, 7) is 4.57. The maximum atomic E-state index is 13.9. The van der Waals surface area contributed by atoms with E-state index in [1.807, 2.05) is 72.8 Å². The smallest absolute Gasteiger partial charge is 0.395 e. The molecular formula is C46H48O8P2. The third-order valence-electron chi connectivity index (χ3n) is 9.25. The molecule has 6 aromatic rings. The Morgan fingerprint density at radius 3 is 0.946 bits per heavy atom. The number of benzene rings is 6. The van der Waals surface area contributed by atoms with Gasteiger partial charge in [-0.25, -0.2) is 9.13 Å². The summed E-state index contributed by atoms with van der Waals surface area (Å²) < 4.78 is 62.9. The van der Waals surface area contributed by atoms with Crippen LogP contribution in [0.15, 0.2) is 170 Å². The van der Waals surface area contributed by atoms with Crippen LogP contribution in [0.2, 0.25) is 0 Å². The quantitative estimate of drug-likeness (QED) is 0.0526. The molecule has 4 unspecified atom stereocenters. The van der Waals surface area contributed by atoms with E-state index in [1.54, 1.807) is 72.8 Å². The zero-order chi connectivity index (χ0) is 39.1. The summed E-state index contributed by atoms with van der Waals surface area (Å²) >= 11 is 0. The van der Waals surface area contributed by atoms with Gasteiger partial charge in [0.1, 0.15) is 23.0 Å². The molecule has 56 heavy (non-hydrogen) atoms. The Bertz CT molecular complexity index is 1980. The maximum Gasteiger partial charge on any atom is 0.587 e. The van der Waals surface area contributed by atoms with Crippen LogP contribution in [-0.4, -0.2) is 13.2 Å². The summed E-state index contributed by atoms with van der Waals surface area (Å²) in [5.74, 6) is 1.89. The second kappa shape index (κ2) is 20.2. The number of hydrogen-bond acceptors (Lipinski definition) is 8. The maximum absolute atomic E-state index is 13.9. The second-order valence-electron chi connectivity index (χ2n) is 13.4. The van der Waals surface area contributed by atoms with Gasteiger partial charge in [0.05, 0.1) is 13.2 Å². The van der Waals surface area contributed by atoms with E-state index in [1.165, 1.54) is 11.1 Å². The van der Waals surface area contributed by atoms with Gasteiger partial charge in [0, 0.05) is 11.8 Å². The van der Waals surface area contributed by atoms with Crippen LogP contribution in [0.4, 0.5) is 0 Å². The van der Waals surface area contributed by atoms with Crippen molar-refractivity contribution in [1.82, 2.24) is 0 Å². The normalized spacial score (nSPS) is 14.4. The third-order valence-corrected chi connectivity index (χ3v) is 12.0. The van der Waals surface area contributed by atoms with Crippen molar-refractivity contribution >= 4 is 15.6 Å². The molecule has 0 saturated carbocycles. The van der Waals surface area contributed by atoms with Crippen molar-refractivity contribution in [3.05, 3.63) is 192 Å². The van der Waals surface area contributed by atoms with E-state index in [2.05, 4.69) is 38.1 Å². The van der Waals surface area contributed by atoms with Crippen molar-refractivity contribution in [2.75, 3.05) is 13.2 Å². The topological polar surface area (TPSA) is 89.5 Å². The molecule has 0 saturated heterocycles. The van der Waals surface area contributed by atoms with Crippen LogP contribution in [0, 0.1) is 0 Å². The average Bonchev–Trinajstić information content (AvgIpc) is 3.23. The van der Waals surface area contributed by atoms with Gasteiger partial charge in [0.25, 0.3) is 0 Å². The molecule has 0 bridgehead atoms. The number of para-hydroxylation sites is 2. The van der Waals surface area contributed by atoms with Crippen LogP contribution < -0.4 is 18.1 Å². The Morgan fingerprint density at radius 1 is 0.357 bits per heavy atom. The van der Waals surface area contributed by atoms with Gasteiger partial charge in [-0.1, -0.05) is 148 Å². The Labute approximate surface area is 330 Å². The lowest BCUT2D eigenvalue weighted by atomic mass is 9.93. The van der Waals surface area contributed by atoms with Crippen molar-refractivity contribution in [2.24, 2.45) is 0 Å². The van der Waals surface area contributed by atoms with E-state index in [0.717, 1.165) is 24.0 Å². The molecule has 0 amide bonds. The van der Waals surface area contributed by atoms with Gasteiger partial charge in [0.2, 0.25) is 0 Å². The fourth-order valence-corrected chi connectivity index (χ4v) is 8.55. The molecule has 0 radical (unpaired) electrons. The van der Waals surface area contributed by atoms with E-state index in [0.29, 0.717) is 35.8 Å². The highest BCUT2D eigenvalue weighted by atomic mass is 31.2. The van der Waals surface area contributed by atoms with Crippen LogP contribution in [0.3, 0.4) is 0 Å². The standard InChI is InChI=1S/C46H48O8P2/c1-37(39-19-9-5-10-20-39)41-27-31-45(32-28-41)53-55(47,51-43-23-13-7-14-24-43)49-35-17-3-4-18-36-50-56(48,52-44-25-15-8-16-26-44)54-46-33-29-42(30-34-46)38(2)40-21-11-6-12-22-40/h5-16,19-34,37-38H,3-4,17-18,35-36H2,1-2H3. The van der Waals surface area contributed by atoms with Crippen molar-refractivity contribution < 1.29 is 36.3 Å². The number of hydrogen-bond donors (Lipinski definition) is 0. The highest BCUT2D eigenvalue weighted by molar-refractivity contribution is 7.49. The third kappa shape index (κ3) is 12.2. The van der Waals surface area contributed by atoms with Gasteiger partial charge in [-0.15, -0.1) is 0 Å². The largest absolute Gasteiger partial charge is 0.587 e. The molecule has 0 N–H and O–H groups in total. The van der Waals surface area contributed by atoms with E-state index in [9.17, 15) is 9.13 Å². The molecule has 4 atom stereocenters. The Balaban J connectivity index is 0.996. The van der Waals surface area contributed by atoms with E-state index in [-0.39, 0.29) is 25.0 Å². The van der Waals surface area contributed by atoms with E-state index < -0.39 is 15.6 Å². The lowest BCUT2D eigenvalue weighted by Gasteiger charge is -2.20. The zero-order valence-corrected chi connectivity index (χ0v) is 33.5. The summed E-state index contributed by atoms with van der Waals surface area (Å²) in [4.78, 5) is 0. The first-order valence-electron chi connectivity index (χ1n) is 18.9. The minimum absolute atomic E-state index is 0.145. The molecule has 0 aliphatic heterocycles. The van der Waals surface area contributed by atoms with Crippen LogP contribution >= 0.6 is 15.6 Å². The van der Waals surface area contributed by atoms with Gasteiger partial charge in [0.15, 0.2) is 0 Å². The van der Waals surface area contributed by atoms with Crippen LogP contribution in [0.25, 0.3) is 0 Å². The minimum Gasteiger partial charge on any atom is -0.395 e. The number of rotatable bonds is 21. The first kappa shape index (κ1) is 40.6. The molecular weight excluding hydrogens is 742 g/mol. The summed E-state index contributed by atoms with van der Waals surface area (Å²) in [7, 11) is -8.06. The molecule has 0 aliphatic carbocycles. The first-order valence-corrected chi connectivity index (χ1v) is 21.9. The van der Waals surface area contributed by atoms with E-state index >= 15 is 0 Å². The molecule has 0 aromatic heterocycles. The predicted octanol–water partition coefficient (Wildman–Crippen LogP) is 13.4. The van der Waals surface area contributed by atoms with Gasteiger partial charge < -0.3 is 18.1 Å². The number of phosphoric acid groups is 2. The highest BCUT2D eigenvalue weighted by Crippen LogP contribution is 2.51. The molecule has 0 aliphatic rings. The summed E-state index contributed by atoms with van der Waals surface area (Å²) in [6.07, 6.45) is 2.63. The summed E-state index contributed by atoms with van der Waals surface area (Å²) in [5, 5.41) is 0. The molecule has 10 heteroatoms. The van der Waals surface area contributed by atoms with Crippen LogP contribution in [-0.2, 0) is 18.2 Å². The number of phosphoric ester groups is 2. The lowest BCUT2D eigenvalue weighted by Crippen LogP contribution is -2.07. The van der Waals surface area contributed by atoms with Gasteiger partial charge in [-0.2, -0.15) is 0 Å². The fraction of sp³-hybridized carbons (Fsp3) is 0.217. The van der Waals surface area contributed by atoms with Crippen molar-refractivity contribution in [1.29, 1.82) is 0 Å². The molecule has 6 rings (SSSR count). The van der Waals surface area contributed by atoms with Crippen LogP contribution in [0.5, 0.6) is 23.0 Å². The van der Waals surface area contributed by atoms with Gasteiger partial charge in [-0.05, 0) is 83.6 Å². The molecule has 0 heterocycles. The lowest BCUT2D eigenvalue weighted by molar-refractivity contribution is 0.196. The molecule has 0 fully saturated rings. The van der Waals surface area contributed by atoms with Crippen molar-refractivity contribution in [3.63, 3.8) is 0 Å². The number of unbranched alkanes of at least 4 members (excludes halogenated alkanes) is 3. The fourth-order valence-electron chi connectivity index (χ4n) is 6.04. The zero-order valence-electron chi connectivity index (χ0n) is 31.7. The highest BCUT2D eigenvalue weighted by Gasteiger charge is 2.32. The van der Waals surface area contributed by atoms with Crippen LogP contribution in [0.1, 0.15) is 73.6 Å².